The van der Waals surface area contributed by atoms with E-state index in [0.717, 1.165) is 12.5 Å². The molecule has 0 unspecified atom stereocenters. The van der Waals surface area contributed by atoms with E-state index < -0.39 is 0 Å². The molecule has 2 N–H and O–H groups in total. The summed E-state index contributed by atoms with van der Waals surface area (Å²) in [6, 6.07) is 0. The van der Waals surface area contributed by atoms with Gasteiger partial charge >= 0.3 is 0 Å². The van der Waals surface area contributed by atoms with Gasteiger partial charge in [-0.2, -0.15) is 5.10 Å². The van der Waals surface area contributed by atoms with Gasteiger partial charge in [0.1, 0.15) is 0 Å². The second-order valence-corrected chi connectivity index (χ2v) is 4.48. The monoisotopic (exact) mass is 207 g/mol. The topological polar surface area (TPSA) is 57.8 Å². The molecule has 0 aliphatic heterocycles. The van der Waals surface area contributed by atoms with E-state index in [9.17, 15) is 4.79 Å². The zero-order chi connectivity index (χ0) is 10.7. The maximum atomic E-state index is 11.6. The highest BCUT2D eigenvalue weighted by atomic mass is 16.1. The van der Waals surface area contributed by atoms with Gasteiger partial charge in [0.15, 0.2) is 0 Å². The highest BCUT2D eigenvalue weighted by Crippen LogP contribution is 2.29. The van der Waals surface area contributed by atoms with Crippen LogP contribution in [0, 0.1) is 11.8 Å². The van der Waals surface area contributed by atoms with Crippen molar-refractivity contribution < 1.29 is 4.79 Å². The van der Waals surface area contributed by atoms with Crippen LogP contribution in [0.15, 0.2) is 12.4 Å². The molecule has 4 heteroatoms. The fourth-order valence-corrected chi connectivity index (χ4v) is 2.22. The lowest BCUT2D eigenvalue weighted by molar-refractivity contribution is 0.0947. The first-order chi connectivity index (χ1) is 7.25. The molecule has 1 aromatic rings. The van der Waals surface area contributed by atoms with E-state index in [1.807, 2.05) is 0 Å². The number of nitrogens with zero attached hydrogens (tertiary/aromatic N) is 1. The maximum Gasteiger partial charge on any atom is 0.254 e. The summed E-state index contributed by atoms with van der Waals surface area (Å²) in [7, 11) is 0. The van der Waals surface area contributed by atoms with Crippen molar-refractivity contribution >= 4 is 5.91 Å². The molecule has 82 valence electrons. The van der Waals surface area contributed by atoms with E-state index in [0.29, 0.717) is 11.5 Å². The summed E-state index contributed by atoms with van der Waals surface area (Å²) < 4.78 is 0. The SMILES string of the molecule is C[C@@H]1CC[C@@H](CNC(=O)c2cn[nH]c2)C1. The molecule has 0 aromatic carbocycles. The zero-order valence-corrected chi connectivity index (χ0v) is 8.99. The molecule has 4 nitrogen and oxygen atoms in total. The van der Waals surface area contributed by atoms with Crippen molar-refractivity contribution in [1.29, 1.82) is 0 Å². The second-order valence-electron chi connectivity index (χ2n) is 4.48. The number of hydrogen-bond acceptors (Lipinski definition) is 2. The van der Waals surface area contributed by atoms with Crippen molar-refractivity contribution in [2.45, 2.75) is 26.2 Å². The molecule has 1 amide bonds. The number of carbonyl (C=O) groups is 1. The molecule has 1 aromatic heterocycles. The van der Waals surface area contributed by atoms with E-state index in [4.69, 9.17) is 0 Å². The molecule has 1 aliphatic carbocycles. The molecule has 15 heavy (non-hydrogen) atoms. The van der Waals surface area contributed by atoms with E-state index in [2.05, 4.69) is 22.4 Å². The van der Waals surface area contributed by atoms with Crippen molar-refractivity contribution in [3.63, 3.8) is 0 Å². The predicted molar refractivity (Wildman–Crippen MR) is 57.4 cm³/mol. The van der Waals surface area contributed by atoms with Gasteiger partial charge in [-0.25, -0.2) is 0 Å². The summed E-state index contributed by atoms with van der Waals surface area (Å²) in [4.78, 5) is 11.6. The molecule has 1 saturated carbocycles. The first-order valence-electron chi connectivity index (χ1n) is 5.52. The Kier molecular flexibility index (Phi) is 3.04. The molecule has 2 atom stereocenters. The van der Waals surface area contributed by atoms with Crippen molar-refractivity contribution in [3.05, 3.63) is 18.0 Å². The third kappa shape index (κ3) is 2.58. The van der Waals surface area contributed by atoms with Gasteiger partial charge in [0.25, 0.3) is 5.91 Å². The summed E-state index contributed by atoms with van der Waals surface area (Å²) in [5.41, 5.74) is 0.612. The number of carbonyl (C=O) groups excluding carboxylic acids is 1. The zero-order valence-electron chi connectivity index (χ0n) is 8.99. The lowest BCUT2D eigenvalue weighted by Crippen LogP contribution is -2.28. The number of rotatable bonds is 3. The third-order valence-corrected chi connectivity index (χ3v) is 3.12. The van der Waals surface area contributed by atoms with Gasteiger partial charge in [-0.1, -0.05) is 13.3 Å². The molecule has 2 rings (SSSR count). The Morgan fingerprint density at radius 3 is 3.13 bits per heavy atom. The van der Waals surface area contributed by atoms with Crippen LogP contribution < -0.4 is 5.32 Å². The molecule has 0 bridgehead atoms. The minimum atomic E-state index is -0.0247. The summed E-state index contributed by atoms with van der Waals surface area (Å²) >= 11 is 0. The smallest absolute Gasteiger partial charge is 0.254 e. The Morgan fingerprint density at radius 2 is 2.53 bits per heavy atom. The van der Waals surface area contributed by atoms with Gasteiger partial charge in [0.2, 0.25) is 0 Å². The van der Waals surface area contributed by atoms with Crippen LogP contribution in [0.4, 0.5) is 0 Å². The second kappa shape index (κ2) is 4.47. The molecule has 1 heterocycles. The van der Waals surface area contributed by atoms with E-state index in [1.54, 1.807) is 12.4 Å². The van der Waals surface area contributed by atoms with Crippen LogP contribution in [0.1, 0.15) is 36.5 Å². The number of aromatic nitrogens is 2. The summed E-state index contributed by atoms with van der Waals surface area (Å²) in [5.74, 6) is 1.46. The van der Waals surface area contributed by atoms with Gasteiger partial charge in [-0.05, 0) is 24.7 Å². The third-order valence-electron chi connectivity index (χ3n) is 3.12. The Balaban J connectivity index is 1.76. The van der Waals surface area contributed by atoms with Crippen molar-refractivity contribution in [2.24, 2.45) is 11.8 Å². The Labute approximate surface area is 89.5 Å². The fourth-order valence-electron chi connectivity index (χ4n) is 2.22. The van der Waals surface area contributed by atoms with Crippen LogP contribution in [0.5, 0.6) is 0 Å². The van der Waals surface area contributed by atoms with Crippen LogP contribution in [0.3, 0.4) is 0 Å². The fraction of sp³-hybridized carbons (Fsp3) is 0.636. The maximum absolute atomic E-state index is 11.6. The average molecular weight is 207 g/mol. The molecule has 1 fully saturated rings. The van der Waals surface area contributed by atoms with Crippen LogP contribution in [0.2, 0.25) is 0 Å². The first-order valence-corrected chi connectivity index (χ1v) is 5.52. The molecule has 1 aliphatic rings. The first kappa shape index (κ1) is 10.2. The standard InChI is InChI=1S/C11H17N3O/c1-8-2-3-9(4-8)5-12-11(15)10-6-13-14-7-10/h6-9H,2-5H2,1H3,(H,12,15)(H,13,14)/t8-,9-/m1/s1. The average Bonchev–Trinajstić information content (AvgIpc) is 2.84. The molecular formula is C11H17N3O. The lowest BCUT2D eigenvalue weighted by atomic mass is 10.1. The number of aromatic amines is 1. The van der Waals surface area contributed by atoms with Crippen LogP contribution in [-0.4, -0.2) is 22.6 Å². The van der Waals surface area contributed by atoms with E-state index in [-0.39, 0.29) is 5.91 Å². The quantitative estimate of drug-likeness (QED) is 0.790. The van der Waals surface area contributed by atoms with Crippen molar-refractivity contribution in [1.82, 2.24) is 15.5 Å². The largest absolute Gasteiger partial charge is 0.352 e. The number of nitrogens with one attached hydrogen (secondary N) is 2. The molecule has 0 radical (unpaired) electrons. The number of H-pyrrole nitrogens is 1. The summed E-state index contributed by atoms with van der Waals surface area (Å²) in [5, 5.41) is 9.33. The lowest BCUT2D eigenvalue weighted by Gasteiger charge is -2.10. The van der Waals surface area contributed by atoms with Gasteiger partial charge in [-0.3, -0.25) is 9.89 Å². The Bertz CT molecular complexity index is 321. The number of amides is 1. The van der Waals surface area contributed by atoms with Crippen molar-refractivity contribution in [2.75, 3.05) is 6.54 Å². The molecular weight excluding hydrogens is 190 g/mol. The van der Waals surface area contributed by atoms with E-state index in [1.165, 1.54) is 19.3 Å². The summed E-state index contributed by atoms with van der Waals surface area (Å²) in [6.45, 7) is 3.08. The number of hydrogen-bond donors (Lipinski definition) is 2. The molecule has 0 spiro atoms. The van der Waals surface area contributed by atoms with E-state index >= 15 is 0 Å². The van der Waals surface area contributed by atoms with Gasteiger partial charge in [0.05, 0.1) is 11.8 Å². The van der Waals surface area contributed by atoms with Crippen LogP contribution in [-0.2, 0) is 0 Å². The Hall–Kier alpha value is -1.32. The highest BCUT2D eigenvalue weighted by Gasteiger charge is 2.21. The normalized spacial score (nSPS) is 25.4. The van der Waals surface area contributed by atoms with Gasteiger partial charge in [0, 0.05) is 12.7 Å². The minimum Gasteiger partial charge on any atom is -0.352 e. The molecule has 0 saturated heterocycles. The van der Waals surface area contributed by atoms with Crippen LogP contribution >= 0.6 is 0 Å². The van der Waals surface area contributed by atoms with Crippen LogP contribution in [0.25, 0.3) is 0 Å². The summed E-state index contributed by atoms with van der Waals surface area (Å²) in [6.07, 6.45) is 6.95. The predicted octanol–water partition coefficient (Wildman–Crippen LogP) is 1.58. The van der Waals surface area contributed by atoms with Gasteiger partial charge in [-0.15, -0.1) is 0 Å². The minimum absolute atomic E-state index is 0.0247. The highest BCUT2D eigenvalue weighted by molar-refractivity contribution is 5.93. The van der Waals surface area contributed by atoms with Crippen molar-refractivity contribution in [3.8, 4) is 0 Å². The Morgan fingerprint density at radius 1 is 1.67 bits per heavy atom. The van der Waals surface area contributed by atoms with Gasteiger partial charge < -0.3 is 5.32 Å².